The normalized spacial score (nSPS) is 10.2. The number of hydrogen-bond donors (Lipinski definition) is 2. The van der Waals surface area contributed by atoms with Crippen molar-refractivity contribution in [2.45, 2.75) is 13.5 Å². The number of carboxylic acids is 1. The van der Waals surface area contributed by atoms with Gasteiger partial charge in [-0.15, -0.1) is 0 Å². The quantitative estimate of drug-likeness (QED) is 0.871. The van der Waals surface area contributed by atoms with Crippen LogP contribution in [0.25, 0.3) is 0 Å². The molecule has 0 saturated carbocycles. The fraction of sp³-hybridized carbons (Fsp3) is 0.154. The first kappa shape index (κ1) is 12.8. The smallest absolute Gasteiger partial charge is 0.335 e. The molecule has 0 aliphatic heterocycles. The summed E-state index contributed by atoms with van der Waals surface area (Å²) in [5.41, 5.74) is 1.27. The summed E-state index contributed by atoms with van der Waals surface area (Å²) in [6.45, 7) is 1.89. The van der Waals surface area contributed by atoms with Gasteiger partial charge in [-0.2, -0.15) is 0 Å². The molecule has 0 spiro atoms. The molecule has 0 radical (unpaired) electrons. The number of aromatic nitrogens is 1. The van der Waals surface area contributed by atoms with Gasteiger partial charge in [-0.25, -0.2) is 4.79 Å². The predicted octanol–water partition coefficient (Wildman–Crippen LogP) is 1.61. The van der Waals surface area contributed by atoms with Crippen LogP contribution in [-0.2, 0) is 6.54 Å². The maximum atomic E-state index is 11.8. The van der Waals surface area contributed by atoms with Gasteiger partial charge >= 0.3 is 5.97 Å². The monoisotopic (exact) mass is 260 g/mol. The first-order chi connectivity index (χ1) is 9.08. The molecule has 1 amide bonds. The van der Waals surface area contributed by atoms with Crippen LogP contribution in [0.1, 0.15) is 32.0 Å². The molecule has 0 atom stereocenters. The van der Waals surface area contributed by atoms with Gasteiger partial charge in [0.05, 0.1) is 11.8 Å². The van der Waals surface area contributed by atoms with E-state index in [1.54, 1.807) is 19.1 Å². The second kappa shape index (κ2) is 5.34. The average molecular weight is 260 g/mol. The van der Waals surface area contributed by atoms with Crippen LogP contribution in [0.2, 0.25) is 0 Å². The Morgan fingerprint density at radius 1 is 1.42 bits per heavy atom. The van der Waals surface area contributed by atoms with Crippen molar-refractivity contribution in [2.24, 2.45) is 0 Å². The summed E-state index contributed by atoms with van der Waals surface area (Å²) in [5, 5.41) is 15.1. The van der Waals surface area contributed by atoms with Gasteiger partial charge in [-0.05, 0) is 24.6 Å². The minimum atomic E-state index is -0.997. The highest BCUT2D eigenvalue weighted by molar-refractivity contribution is 5.94. The van der Waals surface area contributed by atoms with Crippen LogP contribution in [-0.4, -0.2) is 22.1 Å². The van der Waals surface area contributed by atoms with Crippen molar-refractivity contribution in [1.29, 1.82) is 0 Å². The maximum absolute atomic E-state index is 11.8. The van der Waals surface area contributed by atoms with Crippen LogP contribution in [0.15, 0.2) is 35.0 Å². The molecule has 1 aromatic heterocycles. The number of carbonyl (C=O) groups excluding carboxylic acids is 1. The number of carbonyl (C=O) groups is 2. The van der Waals surface area contributed by atoms with E-state index in [0.717, 1.165) is 0 Å². The molecule has 6 heteroatoms. The molecule has 1 aromatic carbocycles. The molecular formula is C13H12N2O4. The van der Waals surface area contributed by atoms with E-state index in [1.165, 1.54) is 18.3 Å². The van der Waals surface area contributed by atoms with Gasteiger partial charge in [-0.1, -0.05) is 17.3 Å². The van der Waals surface area contributed by atoms with Gasteiger partial charge in [0.2, 0.25) is 0 Å². The van der Waals surface area contributed by atoms with Gasteiger partial charge in [0.15, 0.2) is 0 Å². The molecule has 2 N–H and O–H groups in total. The lowest BCUT2D eigenvalue weighted by molar-refractivity contribution is 0.0696. The lowest BCUT2D eigenvalue weighted by atomic mass is 10.1. The van der Waals surface area contributed by atoms with Crippen LogP contribution in [0.4, 0.5) is 0 Å². The second-order valence-electron chi connectivity index (χ2n) is 3.98. The lowest BCUT2D eigenvalue weighted by Crippen LogP contribution is -2.23. The average Bonchev–Trinajstić information content (AvgIpc) is 2.82. The summed E-state index contributed by atoms with van der Waals surface area (Å²) in [5.74, 6) is -0.862. The molecule has 2 aromatic rings. The Hall–Kier alpha value is -2.63. The minimum Gasteiger partial charge on any atom is -0.478 e. The van der Waals surface area contributed by atoms with E-state index in [-0.39, 0.29) is 18.0 Å². The molecule has 1 heterocycles. The van der Waals surface area contributed by atoms with Crippen molar-refractivity contribution in [3.63, 3.8) is 0 Å². The topological polar surface area (TPSA) is 92.4 Å². The molecule has 0 aliphatic rings. The van der Waals surface area contributed by atoms with E-state index >= 15 is 0 Å². The van der Waals surface area contributed by atoms with E-state index < -0.39 is 5.97 Å². The molecule has 0 bridgehead atoms. The number of aromatic carboxylic acids is 1. The zero-order valence-corrected chi connectivity index (χ0v) is 10.2. The van der Waals surface area contributed by atoms with E-state index in [2.05, 4.69) is 10.5 Å². The zero-order chi connectivity index (χ0) is 13.8. The zero-order valence-electron chi connectivity index (χ0n) is 10.2. The Bertz CT molecular complexity index is 619. The summed E-state index contributed by atoms with van der Waals surface area (Å²) >= 11 is 0. The molecule has 2 rings (SSSR count). The van der Waals surface area contributed by atoms with E-state index in [0.29, 0.717) is 16.9 Å². The van der Waals surface area contributed by atoms with Crippen molar-refractivity contribution in [3.05, 3.63) is 52.9 Å². The fourth-order valence-corrected chi connectivity index (χ4v) is 1.61. The molecule has 0 unspecified atom stereocenters. The van der Waals surface area contributed by atoms with Crippen LogP contribution < -0.4 is 5.32 Å². The van der Waals surface area contributed by atoms with Crippen molar-refractivity contribution >= 4 is 11.9 Å². The Morgan fingerprint density at radius 3 is 2.84 bits per heavy atom. The summed E-state index contributed by atoms with van der Waals surface area (Å²) in [7, 11) is 0. The summed E-state index contributed by atoms with van der Waals surface area (Å²) in [6, 6.07) is 6.39. The van der Waals surface area contributed by atoms with Gasteiger partial charge in [0.1, 0.15) is 11.3 Å². The number of benzene rings is 1. The standard InChI is InChI=1S/C13H12N2O4/c1-8-11(7-15-19-8)12(16)14-6-9-3-2-4-10(5-9)13(17)18/h2-5,7H,6H2,1H3,(H,14,16)(H,17,18). The number of hydrogen-bond acceptors (Lipinski definition) is 4. The first-order valence-electron chi connectivity index (χ1n) is 5.59. The summed E-state index contributed by atoms with van der Waals surface area (Å²) in [4.78, 5) is 22.6. The van der Waals surface area contributed by atoms with Gasteiger partial charge in [0.25, 0.3) is 5.91 Å². The van der Waals surface area contributed by atoms with Crippen molar-refractivity contribution in [2.75, 3.05) is 0 Å². The van der Waals surface area contributed by atoms with E-state index in [1.807, 2.05) is 0 Å². The molecule has 0 fully saturated rings. The number of nitrogens with zero attached hydrogens (tertiary/aromatic N) is 1. The predicted molar refractivity (Wildman–Crippen MR) is 65.8 cm³/mol. The third-order valence-electron chi connectivity index (χ3n) is 2.62. The Kier molecular flexibility index (Phi) is 3.61. The summed E-state index contributed by atoms with van der Waals surface area (Å²) < 4.78 is 4.80. The fourth-order valence-electron chi connectivity index (χ4n) is 1.61. The maximum Gasteiger partial charge on any atom is 0.335 e. The molecule has 0 aliphatic carbocycles. The molecular weight excluding hydrogens is 248 g/mol. The van der Waals surface area contributed by atoms with Gasteiger partial charge in [0, 0.05) is 6.54 Å². The Balaban J connectivity index is 2.03. The number of nitrogens with one attached hydrogen (secondary N) is 1. The second-order valence-corrected chi connectivity index (χ2v) is 3.98. The SMILES string of the molecule is Cc1oncc1C(=O)NCc1cccc(C(=O)O)c1. The van der Waals surface area contributed by atoms with Crippen molar-refractivity contribution < 1.29 is 19.2 Å². The highest BCUT2D eigenvalue weighted by atomic mass is 16.5. The number of carboxylic acid groups (broad SMARTS) is 1. The third-order valence-corrected chi connectivity index (χ3v) is 2.62. The van der Waals surface area contributed by atoms with Crippen LogP contribution in [0.5, 0.6) is 0 Å². The molecule has 19 heavy (non-hydrogen) atoms. The Morgan fingerprint density at radius 2 is 2.21 bits per heavy atom. The van der Waals surface area contributed by atoms with E-state index in [9.17, 15) is 9.59 Å². The van der Waals surface area contributed by atoms with Gasteiger partial charge in [-0.3, -0.25) is 4.79 Å². The van der Waals surface area contributed by atoms with Gasteiger partial charge < -0.3 is 14.9 Å². The number of rotatable bonds is 4. The first-order valence-corrected chi connectivity index (χ1v) is 5.59. The number of aryl methyl sites for hydroxylation is 1. The van der Waals surface area contributed by atoms with Crippen molar-refractivity contribution in [3.8, 4) is 0 Å². The molecule has 98 valence electrons. The summed E-state index contributed by atoms with van der Waals surface area (Å²) in [6.07, 6.45) is 1.35. The third kappa shape index (κ3) is 2.98. The van der Waals surface area contributed by atoms with Crippen LogP contribution >= 0.6 is 0 Å². The van der Waals surface area contributed by atoms with Crippen molar-refractivity contribution in [1.82, 2.24) is 10.5 Å². The Labute approximate surface area is 109 Å². The van der Waals surface area contributed by atoms with Crippen LogP contribution in [0, 0.1) is 6.92 Å². The molecule has 0 saturated heterocycles. The minimum absolute atomic E-state index is 0.188. The van der Waals surface area contributed by atoms with E-state index in [4.69, 9.17) is 9.63 Å². The lowest BCUT2D eigenvalue weighted by Gasteiger charge is -2.05. The highest BCUT2D eigenvalue weighted by Crippen LogP contribution is 2.08. The molecule has 6 nitrogen and oxygen atoms in total. The van der Waals surface area contributed by atoms with Crippen LogP contribution in [0.3, 0.4) is 0 Å². The largest absolute Gasteiger partial charge is 0.478 e. The number of amides is 1. The highest BCUT2D eigenvalue weighted by Gasteiger charge is 2.12.